The summed E-state index contributed by atoms with van der Waals surface area (Å²) in [6.45, 7) is 0. The normalized spacial score (nSPS) is 11.5. The number of nitrogens with one attached hydrogen (secondary N) is 2. The second kappa shape index (κ2) is 6.52. The summed E-state index contributed by atoms with van der Waals surface area (Å²) in [7, 11) is 0. The molecule has 0 fully saturated rings. The summed E-state index contributed by atoms with van der Waals surface area (Å²) in [6.07, 6.45) is 6.29. The minimum Gasteiger partial charge on any atom is -0.465 e. The molecule has 0 aliphatic carbocycles. The van der Waals surface area contributed by atoms with Crippen LogP contribution in [0.4, 0.5) is 0 Å². The van der Waals surface area contributed by atoms with Crippen molar-refractivity contribution in [2.75, 3.05) is 0 Å². The number of hydrogen-bond donors (Lipinski definition) is 2. The van der Waals surface area contributed by atoms with Crippen LogP contribution in [0.2, 0.25) is 0 Å². The van der Waals surface area contributed by atoms with Gasteiger partial charge >= 0.3 is 0 Å². The first kappa shape index (κ1) is 14.5. The van der Waals surface area contributed by atoms with Crippen molar-refractivity contribution in [3.05, 3.63) is 70.5 Å². The van der Waals surface area contributed by atoms with Crippen molar-refractivity contribution >= 4 is 29.0 Å². The van der Waals surface area contributed by atoms with E-state index in [1.54, 1.807) is 54.8 Å². The van der Waals surface area contributed by atoms with E-state index in [9.17, 15) is 9.59 Å². The summed E-state index contributed by atoms with van der Waals surface area (Å²) in [6, 6.07) is 10.3. The molecule has 7 heteroatoms. The van der Waals surface area contributed by atoms with Crippen LogP contribution in [0.3, 0.4) is 0 Å². The predicted octanol–water partition coefficient (Wildman–Crippen LogP) is 1.95. The molecule has 114 valence electrons. The van der Waals surface area contributed by atoms with E-state index in [4.69, 9.17) is 4.42 Å². The maximum Gasteiger partial charge on any atom is 0.292 e. The van der Waals surface area contributed by atoms with Crippen molar-refractivity contribution in [3.8, 4) is 0 Å². The Morgan fingerprint density at radius 3 is 2.83 bits per heavy atom. The van der Waals surface area contributed by atoms with Gasteiger partial charge in [-0.1, -0.05) is 18.2 Å². The van der Waals surface area contributed by atoms with Crippen LogP contribution in [0.1, 0.15) is 16.2 Å². The Labute approximate surface area is 130 Å². The van der Waals surface area contributed by atoms with Crippen LogP contribution in [0, 0.1) is 0 Å². The Balaban J connectivity index is 1.74. The molecule has 0 aliphatic rings. The van der Waals surface area contributed by atoms with Crippen molar-refractivity contribution in [3.63, 3.8) is 0 Å². The summed E-state index contributed by atoms with van der Waals surface area (Å²) in [5, 5.41) is 10.7. The van der Waals surface area contributed by atoms with Gasteiger partial charge in [0.1, 0.15) is 5.76 Å². The number of fused-ring (bicyclic) bond motifs is 1. The highest BCUT2D eigenvalue weighted by Gasteiger charge is 2.12. The summed E-state index contributed by atoms with van der Waals surface area (Å²) >= 11 is 0. The fourth-order valence-electron chi connectivity index (χ4n) is 2.00. The number of nitrogens with zero attached hydrogens (tertiary/aromatic N) is 2. The molecule has 2 N–H and O–H groups in total. The summed E-state index contributed by atoms with van der Waals surface area (Å²) in [5.74, 6) is 0.163. The largest absolute Gasteiger partial charge is 0.465 e. The van der Waals surface area contributed by atoms with E-state index in [1.807, 2.05) is 0 Å². The first-order valence-electron chi connectivity index (χ1n) is 6.77. The van der Waals surface area contributed by atoms with Gasteiger partial charge in [0.05, 0.1) is 11.6 Å². The van der Waals surface area contributed by atoms with Crippen molar-refractivity contribution in [1.82, 2.24) is 15.6 Å². The molecule has 0 unspecified atom stereocenters. The summed E-state index contributed by atoms with van der Waals surface area (Å²) < 4.78 is 5.11. The second-order valence-corrected chi connectivity index (χ2v) is 4.54. The second-order valence-electron chi connectivity index (χ2n) is 4.54. The molecule has 0 spiro atoms. The smallest absolute Gasteiger partial charge is 0.292 e. The van der Waals surface area contributed by atoms with Crippen LogP contribution in [-0.4, -0.2) is 22.3 Å². The van der Waals surface area contributed by atoms with Gasteiger partial charge in [-0.3, -0.25) is 9.59 Å². The van der Waals surface area contributed by atoms with Crippen LogP contribution in [0.15, 0.2) is 63.1 Å². The Hall–Kier alpha value is -3.48. The molecule has 0 saturated carbocycles. The van der Waals surface area contributed by atoms with E-state index in [0.717, 1.165) is 0 Å². The predicted molar refractivity (Wildman–Crippen MR) is 86.1 cm³/mol. The average molecular weight is 308 g/mol. The molecule has 0 atom stereocenters. The molecule has 3 aromatic rings. The lowest BCUT2D eigenvalue weighted by atomic mass is 10.1. The monoisotopic (exact) mass is 308 g/mol. The number of H-pyrrole nitrogens is 1. The third-order valence-electron chi connectivity index (χ3n) is 3.04. The van der Waals surface area contributed by atoms with Gasteiger partial charge in [0.2, 0.25) is 0 Å². The summed E-state index contributed by atoms with van der Waals surface area (Å²) in [5.41, 5.74) is 2.11. The van der Waals surface area contributed by atoms with E-state index in [-0.39, 0.29) is 11.3 Å². The van der Waals surface area contributed by atoms with Crippen LogP contribution in [0.25, 0.3) is 16.8 Å². The highest BCUT2D eigenvalue weighted by Crippen LogP contribution is 2.11. The fourth-order valence-corrected chi connectivity index (χ4v) is 2.00. The number of amides is 1. The minimum atomic E-state index is -0.514. The third-order valence-corrected chi connectivity index (χ3v) is 3.04. The molecular weight excluding hydrogens is 296 g/mol. The van der Waals surface area contributed by atoms with E-state index in [1.165, 1.54) is 6.21 Å². The average Bonchev–Trinajstić information content (AvgIpc) is 3.08. The molecule has 1 amide bonds. The third kappa shape index (κ3) is 3.24. The van der Waals surface area contributed by atoms with E-state index in [0.29, 0.717) is 16.5 Å². The highest BCUT2D eigenvalue weighted by molar-refractivity contribution is 6.04. The van der Waals surface area contributed by atoms with Gasteiger partial charge < -0.3 is 4.42 Å². The first-order chi connectivity index (χ1) is 11.3. The van der Waals surface area contributed by atoms with E-state index >= 15 is 0 Å². The van der Waals surface area contributed by atoms with Crippen molar-refractivity contribution in [2.24, 2.45) is 5.10 Å². The van der Waals surface area contributed by atoms with Gasteiger partial charge in [-0.05, 0) is 30.4 Å². The van der Waals surface area contributed by atoms with Gasteiger partial charge in [-0.25, -0.2) is 10.5 Å². The Morgan fingerprint density at radius 2 is 2.04 bits per heavy atom. The number of benzene rings is 1. The van der Waals surface area contributed by atoms with Gasteiger partial charge in [0.25, 0.3) is 11.5 Å². The summed E-state index contributed by atoms with van der Waals surface area (Å²) in [4.78, 5) is 23.8. The Kier molecular flexibility index (Phi) is 4.10. The molecule has 0 saturated heterocycles. The zero-order valence-corrected chi connectivity index (χ0v) is 11.9. The SMILES string of the molecule is O=C(N/N=C/C=C/c1ccco1)c1n[nH]c(=O)c2ccccc12. The van der Waals surface area contributed by atoms with Crippen molar-refractivity contribution < 1.29 is 9.21 Å². The number of furan rings is 1. The lowest BCUT2D eigenvalue weighted by Gasteiger charge is -2.02. The number of allylic oxidation sites excluding steroid dienone is 1. The lowest BCUT2D eigenvalue weighted by Crippen LogP contribution is -2.22. The molecule has 1 aromatic carbocycles. The number of aromatic nitrogens is 2. The van der Waals surface area contributed by atoms with Crippen LogP contribution in [-0.2, 0) is 0 Å². The molecule has 3 rings (SSSR count). The molecule has 2 aromatic heterocycles. The zero-order chi connectivity index (χ0) is 16.1. The van der Waals surface area contributed by atoms with E-state index < -0.39 is 5.91 Å². The molecule has 7 nitrogen and oxygen atoms in total. The van der Waals surface area contributed by atoms with Gasteiger partial charge in [0, 0.05) is 11.6 Å². The standard InChI is InChI=1S/C16H12N4O3/c21-15-13-8-2-1-7-12(13)14(18-20-15)16(22)19-17-9-3-5-11-6-4-10-23-11/h1-10H,(H,19,22)(H,20,21)/b5-3+,17-9+. The number of carbonyl (C=O) groups excluding carboxylic acids is 1. The Morgan fingerprint density at radius 1 is 1.22 bits per heavy atom. The number of aromatic amines is 1. The van der Waals surface area contributed by atoms with Crippen LogP contribution in [0.5, 0.6) is 0 Å². The molecule has 0 aliphatic heterocycles. The number of rotatable bonds is 4. The molecule has 2 heterocycles. The molecule has 23 heavy (non-hydrogen) atoms. The highest BCUT2D eigenvalue weighted by atomic mass is 16.3. The number of carbonyl (C=O) groups is 1. The maximum absolute atomic E-state index is 12.1. The molecule has 0 bridgehead atoms. The van der Waals surface area contributed by atoms with Crippen molar-refractivity contribution in [2.45, 2.75) is 0 Å². The van der Waals surface area contributed by atoms with Gasteiger partial charge in [-0.2, -0.15) is 10.2 Å². The lowest BCUT2D eigenvalue weighted by molar-refractivity contribution is 0.0951. The zero-order valence-electron chi connectivity index (χ0n) is 11.9. The maximum atomic E-state index is 12.1. The molecular formula is C16H12N4O3. The van der Waals surface area contributed by atoms with Crippen molar-refractivity contribution in [1.29, 1.82) is 0 Å². The number of hydrazone groups is 1. The number of hydrogen-bond acceptors (Lipinski definition) is 5. The molecule has 0 radical (unpaired) electrons. The Bertz CT molecular complexity index is 939. The van der Waals surface area contributed by atoms with Gasteiger partial charge in [0.15, 0.2) is 5.69 Å². The topological polar surface area (TPSA) is 100 Å². The fraction of sp³-hybridized carbons (Fsp3) is 0. The van der Waals surface area contributed by atoms with E-state index in [2.05, 4.69) is 20.7 Å². The van der Waals surface area contributed by atoms with Gasteiger partial charge in [-0.15, -0.1) is 0 Å². The van der Waals surface area contributed by atoms with Crippen LogP contribution < -0.4 is 11.0 Å². The first-order valence-corrected chi connectivity index (χ1v) is 6.77. The minimum absolute atomic E-state index is 0.104. The van der Waals surface area contributed by atoms with Crippen LogP contribution >= 0.6 is 0 Å². The quantitative estimate of drug-likeness (QED) is 0.568.